The Kier molecular flexibility index (Phi) is 7.78. The first-order valence-corrected chi connectivity index (χ1v) is 9.34. The van der Waals surface area contributed by atoms with Crippen molar-refractivity contribution >= 4 is 17.3 Å². The van der Waals surface area contributed by atoms with Crippen LogP contribution in [0.5, 0.6) is 0 Å². The monoisotopic (exact) mass is 366 g/mol. The fourth-order valence-corrected chi connectivity index (χ4v) is 3.14. The summed E-state index contributed by atoms with van der Waals surface area (Å²) in [5.74, 6) is -0.915. The van der Waals surface area contributed by atoms with E-state index in [2.05, 4.69) is 27.5 Å². The quantitative estimate of drug-likeness (QED) is 0.557. The Morgan fingerprint density at radius 3 is 2.76 bits per heavy atom. The molecular formula is C18H24F2N4S. The molecule has 0 amide bonds. The molecule has 0 radical (unpaired) electrons. The van der Waals surface area contributed by atoms with Crippen molar-refractivity contribution in [2.45, 2.75) is 33.1 Å². The standard InChI is InChI=1S/C18H24F2N4S/c1-3-14-12-24-16(25-14)9-11-23-18(21-4-2)22-10-8-13-6-5-7-15(19)17(13)20/h5-7,12H,3-4,8-11H2,1-2H3,(H2,21,22,23). The molecule has 7 heteroatoms. The third-order valence-electron chi connectivity index (χ3n) is 3.61. The number of rotatable bonds is 8. The molecule has 0 saturated heterocycles. The van der Waals surface area contributed by atoms with Crippen LogP contribution < -0.4 is 10.6 Å². The van der Waals surface area contributed by atoms with E-state index in [1.165, 1.54) is 10.9 Å². The summed E-state index contributed by atoms with van der Waals surface area (Å²) >= 11 is 1.72. The third-order valence-corrected chi connectivity index (χ3v) is 4.81. The minimum Gasteiger partial charge on any atom is -0.357 e. The lowest BCUT2D eigenvalue weighted by Gasteiger charge is -2.11. The van der Waals surface area contributed by atoms with E-state index in [4.69, 9.17) is 0 Å². The van der Waals surface area contributed by atoms with Gasteiger partial charge in [0.15, 0.2) is 17.6 Å². The first-order chi connectivity index (χ1) is 12.1. The average molecular weight is 366 g/mol. The Hall–Kier alpha value is -2.02. The van der Waals surface area contributed by atoms with E-state index in [9.17, 15) is 8.78 Å². The lowest BCUT2D eigenvalue weighted by molar-refractivity contribution is 0.498. The van der Waals surface area contributed by atoms with E-state index in [0.717, 1.165) is 30.5 Å². The zero-order valence-corrected chi connectivity index (χ0v) is 15.4. The zero-order chi connectivity index (χ0) is 18.1. The number of aromatic nitrogens is 1. The van der Waals surface area contributed by atoms with Crippen LogP contribution in [0.4, 0.5) is 8.78 Å². The molecule has 0 atom stereocenters. The van der Waals surface area contributed by atoms with Crippen LogP contribution in [0.15, 0.2) is 29.4 Å². The minimum absolute atomic E-state index is 0.359. The maximum absolute atomic E-state index is 13.6. The Labute approximate surface area is 151 Å². The van der Waals surface area contributed by atoms with Crippen molar-refractivity contribution in [3.8, 4) is 0 Å². The van der Waals surface area contributed by atoms with Crippen LogP contribution in [0.1, 0.15) is 29.3 Å². The SMILES string of the molecule is CCNC(=NCCc1ncc(CC)s1)NCCc1cccc(F)c1F. The van der Waals surface area contributed by atoms with Crippen LogP contribution in [0.3, 0.4) is 0 Å². The number of aryl methyl sites for hydroxylation is 1. The van der Waals surface area contributed by atoms with Gasteiger partial charge >= 0.3 is 0 Å². The number of thiazole rings is 1. The van der Waals surface area contributed by atoms with Gasteiger partial charge in [-0.25, -0.2) is 13.8 Å². The lowest BCUT2D eigenvalue weighted by Crippen LogP contribution is -2.38. The summed E-state index contributed by atoms with van der Waals surface area (Å²) in [6, 6.07) is 4.24. The molecule has 0 fully saturated rings. The predicted molar refractivity (Wildman–Crippen MR) is 99.2 cm³/mol. The van der Waals surface area contributed by atoms with Gasteiger partial charge in [-0.1, -0.05) is 19.1 Å². The van der Waals surface area contributed by atoms with Gasteiger partial charge in [-0.3, -0.25) is 4.99 Å². The fraction of sp³-hybridized carbons (Fsp3) is 0.444. The van der Waals surface area contributed by atoms with Crippen LogP contribution >= 0.6 is 11.3 Å². The molecule has 2 rings (SSSR count). The van der Waals surface area contributed by atoms with E-state index < -0.39 is 11.6 Å². The fourth-order valence-electron chi connectivity index (χ4n) is 2.29. The molecule has 0 aliphatic heterocycles. The first kappa shape index (κ1) is 19.3. The summed E-state index contributed by atoms with van der Waals surface area (Å²) in [4.78, 5) is 10.2. The molecule has 1 aromatic carbocycles. The van der Waals surface area contributed by atoms with Gasteiger partial charge < -0.3 is 10.6 Å². The summed E-state index contributed by atoms with van der Waals surface area (Å²) < 4.78 is 26.8. The van der Waals surface area contributed by atoms with Crippen molar-refractivity contribution in [2.24, 2.45) is 4.99 Å². The molecule has 2 aromatic rings. The molecular weight excluding hydrogens is 342 g/mol. The zero-order valence-electron chi connectivity index (χ0n) is 14.6. The number of aliphatic imine (C=N–C) groups is 1. The highest BCUT2D eigenvalue weighted by molar-refractivity contribution is 7.11. The molecule has 1 aromatic heterocycles. The second-order valence-corrected chi connectivity index (χ2v) is 6.67. The highest BCUT2D eigenvalue weighted by atomic mass is 32.1. The first-order valence-electron chi connectivity index (χ1n) is 8.52. The van der Waals surface area contributed by atoms with E-state index in [0.29, 0.717) is 31.0 Å². The second-order valence-electron chi connectivity index (χ2n) is 5.47. The van der Waals surface area contributed by atoms with Crippen LogP contribution in [0, 0.1) is 11.6 Å². The molecule has 0 aliphatic rings. The van der Waals surface area contributed by atoms with Crippen molar-refractivity contribution in [1.82, 2.24) is 15.6 Å². The number of nitrogens with zero attached hydrogens (tertiary/aromatic N) is 2. The highest BCUT2D eigenvalue weighted by Gasteiger charge is 2.07. The van der Waals surface area contributed by atoms with Crippen molar-refractivity contribution in [1.29, 1.82) is 0 Å². The summed E-state index contributed by atoms with van der Waals surface area (Å²) in [7, 11) is 0. The van der Waals surface area contributed by atoms with Crippen LogP contribution in [0.25, 0.3) is 0 Å². The summed E-state index contributed by atoms with van der Waals surface area (Å²) in [5, 5.41) is 7.38. The molecule has 0 unspecified atom stereocenters. The van der Waals surface area contributed by atoms with E-state index in [1.54, 1.807) is 17.4 Å². The topological polar surface area (TPSA) is 49.3 Å². The minimum atomic E-state index is -0.812. The molecule has 4 nitrogen and oxygen atoms in total. The number of hydrogen-bond acceptors (Lipinski definition) is 3. The van der Waals surface area contributed by atoms with Gasteiger partial charge in [0.2, 0.25) is 0 Å². The van der Waals surface area contributed by atoms with Crippen LogP contribution in [-0.4, -0.2) is 30.6 Å². The maximum atomic E-state index is 13.6. The largest absolute Gasteiger partial charge is 0.357 e. The molecule has 2 N–H and O–H groups in total. The molecule has 136 valence electrons. The number of benzene rings is 1. The molecule has 1 heterocycles. The smallest absolute Gasteiger partial charge is 0.191 e. The predicted octanol–water partition coefficient (Wildman–Crippen LogP) is 3.32. The second kappa shape index (κ2) is 10.1. The summed E-state index contributed by atoms with van der Waals surface area (Å²) in [6.07, 6.45) is 4.10. The maximum Gasteiger partial charge on any atom is 0.191 e. The number of halogens is 2. The van der Waals surface area contributed by atoms with Gasteiger partial charge in [-0.2, -0.15) is 0 Å². The Bertz CT molecular complexity index is 700. The van der Waals surface area contributed by atoms with E-state index >= 15 is 0 Å². The van der Waals surface area contributed by atoms with Gasteiger partial charge in [0.1, 0.15) is 0 Å². The lowest BCUT2D eigenvalue weighted by atomic mass is 10.1. The average Bonchev–Trinajstić information content (AvgIpc) is 3.06. The Morgan fingerprint density at radius 2 is 2.04 bits per heavy atom. The van der Waals surface area contributed by atoms with Crippen LogP contribution in [0.2, 0.25) is 0 Å². The molecule has 0 bridgehead atoms. The van der Waals surface area contributed by atoms with Gasteiger partial charge in [-0.15, -0.1) is 11.3 Å². The summed E-state index contributed by atoms with van der Waals surface area (Å²) in [6.45, 7) is 5.93. The van der Waals surface area contributed by atoms with Crippen LogP contribution in [-0.2, 0) is 19.3 Å². The van der Waals surface area contributed by atoms with Gasteiger partial charge in [0.05, 0.1) is 5.01 Å². The van der Waals surface area contributed by atoms with Gasteiger partial charge in [0.25, 0.3) is 0 Å². The van der Waals surface area contributed by atoms with E-state index in [1.807, 2.05) is 13.1 Å². The van der Waals surface area contributed by atoms with Crippen molar-refractivity contribution in [3.63, 3.8) is 0 Å². The Balaban J connectivity index is 1.83. The molecule has 25 heavy (non-hydrogen) atoms. The van der Waals surface area contributed by atoms with Crippen molar-refractivity contribution in [2.75, 3.05) is 19.6 Å². The molecule has 0 saturated carbocycles. The van der Waals surface area contributed by atoms with E-state index in [-0.39, 0.29) is 0 Å². The van der Waals surface area contributed by atoms with Crippen molar-refractivity contribution in [3.05, 3.63) is 51.5 Å². The number of hydrogen-bond donors (Lipinski definition) is 2. The number of nitrogens with one attached hydrogen (secondary N) is 2. The highest BCUT2D eigenvalue weighted by Crippen LogP contribution is 2.14. The Morgan fingerprint density at radius 1 is 1.20 bits per heavy atom. The molecule has 0 aliphatic carbocycles. The normalized spacial score (nSPS) is 11.6. The summed E-state index contributed by atoms with van der Waals surface area (Å²) in [5.41, 5.74) is 0.359. The molecule has 0 spiro atoms. The third kappa shape index (κ3) is 6.08. The van der Waals surface area contributed by atoms with Gasteiger partial charge in [0, 0.05) is 37.1 Å². The van der Waals surface area contributed by atoms with Crippen molar-refractivity contribution < 1.29 is 8.78 Å². The van der Waals surface area contributed by atoms with Gasteiger partial charge in [-0.05, 0) is 31.4 Å². The number of guanidine groups is 1.